The van der Waals surface area contributed by atoms with E-state index in [1.54, 1.807) is 31.2 Å². The first-order chi connectivity index (χ1) is 13.5. The molecule has 5 nitrogen and oxygen atoms in total. The van der Waals surface area contributed by atoms with Gasteiger partial charge in [0, 0.05) is 5.54 Å². The number of carbonyl (C=O) groups is 1. The number of hydrogen-bond donors (Lipinski definition) is 2. The van der Waals surface area contributed by atoms with Crippen molar-refractivity contribution >= 4 is 21.6 Å². The van der Waals surface area contributed by atoms with Crippen LogP contribution in [0.25, 0.3) is 0 Å². The summed E-state index contributed by atoms with van der Waals surface area (Å²) < 4.78 is 66.7. The average molecular weight is 424 g/mol. The molecule has 0 spiro atoms. The molecule has 154 valence electrons. The molecule has 9 heteroatoms. The Morgan fingerprint density at radius 2 is 1.66 bits per heavy atom. The number of nitrogens with one attached hydrogen (secondary N) is 2. The minimum Gasteiger partial charge on any atom is -0.346 e. The third-order valence-corrected chi connectivity index (χ3v) is 7.11. The molecule has 0 aliphatic heterocycles. The van der Waals surface area contributed by atoms with Crippen LogP contribution in [-0.4, -0.2) is 26.0 Å². The van der Waals surface area contributed by atoms with E-state index in [9.17, 15) is 26.4 Å². The molecule has 0 radical (unpaired) electrons. The molecule has 3 aliphatic carbocycles. The highest BCUT2D eigenvalue weighted by Crippen LogP contribution is 2.73. The summed E-state index contributed by atoms with van der Waals surface area (Å²) in [5, 5.41) is 2.68. The van der Waals surface area contributed by atoms with Gasteiger partial charge in [0.15, 0.2) is 0 Å². The molecule has 0 aromatic heterocycles. The van der Waals surface area contributed by atoms with Crippen molar-refractivity contribution in [1.29, 1.82) is 0 Å². The van der Waals surface area contributed by atoms with Crippen molar-refractivity contribution in [3.63, 3.8) is 0 Å². The topological polar surface area (TPSA) is 75.3 Å². The van der Waals surface area contributed by atoms with E-state index in [2.05, 4.69) is 10.0 Å². The normalized spacial score (nSPS) is 25.5. The Morgan fingerprint density at radius 1 is 1.03 bits per heavy atom. The van der Waals surface area contributed by atoms with E-state index in [0.29, 0.717) is 0 Å². The number of carbonyl (C=O) groups excluding carboxylic acids is 1. The Bertz CT molecular complexity index is 1060. The molecule has 3 fully saturated rings. The Hall–Kier alpha value is -2.55. The van der Waals surface area contributed by atoms with E-state index in [1.165, 1.54) is 24.3 Å². The second-order valence-corrected chi connectivity index (χ2v) is 9.69. The molecule has 2 N–H and O–H groups in total. The predicted octanol–water partition coefficient (Wildman–Crippen LogP) is 4.01. The van der Waals surface area contributed by atoms with Crippen molar-refractivity contribution in [2.45, 2.75) is 42.8 Å². The van der Waals surface area contributed by atoms with E-state index in [4.69, 9.17) is 0 Å². The van der Waals surface area contributed by atoms with Gasteiger partial charge >= 0.3 is 6.18 Å². The Morgan fingerprint density at radius 3 is 2.24 bits per heavy atom. The lowest BCUT2D eigenvalue weighted by Gasteiger charge is -2.70. The second-order valence-electron chi connectivity index (χ2n) is 8.01. The van der Waals surface area contributed by atoms with Crippen LogP contribution in [0.5, 0.6) is 0 Å². The molecule has 2 bridgehead atoms. The molecule has 0 atom stereocenters. The number of sulfonamides is 1. The third-order valence-electron chi connectivity index (χ3n) is 5.73. The quantitative estimate of drug-likeness (QED) is 0.762. The standard InChI is InChI=1S/C20H19F3N2O3S/c1-13-7-8-15(16(9-13)25-29(27,28)14-5-3-2-4-6-14)17(26)24-19-10-18(11-19,12-19)20(21,22)23/h2-9,25H,10-12H2,1H3,(H,24,26). The number of anilines is 1. The zero-order chi connectivity index (χ0) is 21.1. The van der Waals surface area contributed by atoms with Crippen molar-refractivity contribution in [3.05, 3.63) is 59.7 Å². The Kier molecular flexibility index (Phi) is 4.24. The van der Waals surface area contributed by atoms with Gasteiger partial charge in [-0.1, -0.05) is 24.3 Å². The minimum atomic E-state index is -4.26. The van der Waals surface area contributed by atoms with Gasteiger partial charge in [-0.25, -0.2) is 8.42 Å². The number of hydrogen-bond acceptors (Lipinski definition) is 3. The van der Waals surface area contributed by atoms with E-state index < -0.39 is 33.1 Å². The molecule has 0 saturated heterocycles. The monoisotopic (exact) mass is 424 g/mol. The van der Waals surface area contributed by atoms with Gasteiger partial charge in [-0.05, 0) is 56.0 Å². The lowest BCUT2D eigenvalue weighted by Crippen LogP contribution is -2.78. The molecule has 29 heavy (non-hydrogen) atoms. The molecule has 5 rings (SSSR count). The summed E-state index contributed by atoms with van der Waals surface area (Å²) >= 11 is 0. The van der Waals surface area contributed by atoms with Crippen LogP contribution in [0.2, 0.25) is 0 Å². The van der Waals surface area contributed by atoms with Crippen LogP contribution >= 0.6 is 0 Å². The maximum Gasteiger partial charge on any atom is 0.394 e. The number of benzene rings is 2. The van der Waals surface area contributed by atoms with Crippen LogP contribution in [0.1, 0.15) is 35.2 Å². The fraction of sp³-hybridized carbons (Fsp3) is 0.350. The van der Waals surface area contributed by atoms with Crippen LogP contribution in [-0.2, 0) is 10.0 Å². The van der Waals surface area contributed by atoms with Crippen LogP contribution in [0, 0.1) is 12.3 Å². The summed E-state index contributed by atoms with van der Waals surface area (Å²) in [7, 11) is -3.92. The van der Waals surface area contributed by atoms with Crippen LogP contribution in [0.4, 0.5) is 18.9 Å². The van der Waals surface area contributed by atoms with Crippen LogP contribution in [0.15, 0.2) is 53.4 Å². The van der Waals surface area contributed by atoms with Gasteiger partial charge in [-0.15, -0.1) is 0 Å². The van der Waals surface area contributed by atoms with Gasteiger partial charge in [-0.2, -0.15) is 13.2 Å². The number of amides is 1. The van der Waals surface area contributed by atoms with E-state index in [-0.39, 0.29) is 35.4 Å². The lowest BCUT2D eigenvalue weighted by molar-refractivity contribution is -0.336. The number of halogens is 3. The second kappa shape index (κ2) is 6.22. The summed E-state index contributed by atoms with van der Waals surface area (Å²) in [6, 6.07) is 12.3. The average Bonchev–Trinajstić information content (AvgIpc) is 2.56. The van der Waals surface area contributed by atoms with Gasteiger partial charge in [0.25, 0.3) is 15.9 Å². The van der Waals surface area contributed by atoms with Gasteiger partial charge < -0.3 is 5.32 Å². The molecule has 1 amide bonds. The molecule has 2 aromatic rings. The van der Waals surface area contributed by atoms with Crippen LogP contribution in [0.3, 0.4) is 0 Å². The Balaban J connectivity index is 1.55. The van der Waals surface area contributed by atoms with Crippen molar-refractivity contribution in [2.24, 2.45) is 5.41 Å². The highest BCUT2D eigenvalue weighted by atomic mass is 32.2. The van der Waals surface area contributed by atoms with Crippen molar-refractivity contribution in [1.82, 2.24) is 5.32 Å². The zero-order valence-electron chi connectivity index (χ0n) is 15.5. The summed E-state index contributed by atoms with van der Waals surface area (Å²) in [6.45, 7) is 1.75. The Labute approximate surface area is 166 Å². The smallest absolute Gasteiger partial charge is 0.346 e. The third kappa shape index (κ3) is 3.27. The molecular weight excluding hydrogens is 405 g/mol. The van der Waals surface area contributed by atoms with Gasteiger partial charge in [0.2, 0.25) is 0 Å². The van der Waals surface area contributed by atoms with Gasteiger partial charge in [0.1, 0.15) is 0 Å². The summed E-state index contributed by atoms with van der Waals surface area (Å²) in [5.74, 6) is -0.591. The largest absolute Gasteiger partial charge is 0.394 e. The zero-order valence-corrected chi connectivity index (χ0v) is 16.3. The first kappa shape index (κ1) is 19.8. The van der Waals surface area contributed by atoms with Gasteiger partial charge in [-0.3, -0.25) is 9.52 Å². The SMILES string of the molecule is Cc1ccc(C(=O)NC23CC(C(F)(F)F)(C2)C3)c(NS(=O)(=O)c2ccccc2)c1. The molecule has 3 aliphatic rings. The predicted molar refractivity (Wildman–Crippen MR) is 101 cm³/mol. The fourth-order valence-electron chi connectivity index (χ4n) is 4.27. The molecule has 3 saturated carbocycles. The first-order valence-corrected chi connectivity index (χ1v) is 10.5. The van der Waals surface area contributed by atoms with E-state index in [0.717, 1.165) is 5.56 Å². The fourth-order valence-corrected chi connectivity index (χ4v) is 5.36. The number of rotatable bonds is 5. The number of alkyl halides is 3. The maximum absolute atomic E-state index is 13.0. The van der Waals surface area contributed by atoms with Crippen LogP contribution < -0.4 is 10.0 Å². The van der Waals surface area contributed by atoms with Crippen molar-refractivity contribution in [2.75, 3.05) is 4.72 Å². The summed E-state index contributed by atoms with van der Waals surface area (Å²) in [5.41, 5.74) is -1.64. The first-order valence-electron chi connectivity index (χ1n) is 9.03. The summed E-state index contributed by atoms with van der Waals surface area (Å²) in [4.78, 5) is 12.8. The van der Waals surface area contributed by atoms with Gasteiger partial charge in [0.05, 0.1) is 21.6 Å². The minimum absolute atomic E-state index is 0.0411. The molecule has 0 unspecified atom stereocenters. The molecule has 0 heterocycles. The van der Waals surface area contributed by atoms with Crippen molar-refractivity contribution in [3.8, 4) is 0 Å². The lowest BCUT2D eigenvalue weighted by atomic mass is 9.39. The van der Waals surface area contributed by atoms with E-state index >= 15 is 0 Å². The van der Waals surface area contributed by atoms with Crippen molar-refractivity contribution < 1.29 is 26.4 Å². The highest BCUT2D eigenvalue weighted by molar-refractivity contribution is 7.92. The number of aryl methyl sites for hydroxylation is 1. The summed E-state index contributed by atoms with van der Waals surface area (Å²) in [6.07, 6.45) is -4.66. The highest BCUT2D eigenvalue weighted by Gasteiger charge is 2.79. The molecular formula is C20H19F3N2O3S. The molecule has 2 aromatic carbocycles. The maximum atomic E-state index is 13.0. The van der Waals surface area contributed by atoms with E-state index in [1.807, 2.05) is 0 Å².